The van der Waals surface area contributed by atoms with Gasteiger partial charge >= 0.3 is 0 Å². The van der Waals surface area contributed by atoms with Crippen LogP contribution in [0.15, 0.2) is 33.6 Å². The highest BCUT2D eigenvalue weighted by Gasteiger charge is 2.29. The molecule has 6 heteroatoms. The van der Waals surface area contributed by atoms with Crippen molar-refractivity contribution in [3.8, 4) is 0 Å². The molecule has 1 fully saturated rings. The fourth-order valence-electron chi connectivity index (χ4n) is 1.95. The van der Waals surface area contributed by atoms with Crippen molar-refractivity contribution < 1.29 is 8.42 Å². The predicted molar refractivity (Wildman–Crippen MR) is 71.7 cm³/mol. The summed E-state index contributed by atoms with van der Waals surface area (Å²) in [6, 6.07) is 6.50. The van der Waals surface area contributed by atoms with E-state index >= 15 is 0 Å². The van der Waals surface area contributed by atoms with Gasteiger partial charge in [0.25, 0.3) is 0 Å². The van der Waals surface area contributed by atoms with Gasteiger partial charge in [0.05, 0.1) is 4.90 Å². The van der Waals surface area contributed by atoms with Crippen LogP contribution in [0.4, 0.5) is 0 Å². The summed E-state index contributed by atoms with van der Waals surface area (Å²) >= 11 is 9.33. The van der Waals surface area contributed by atoms with Gasteiger partial charge in [0.2, 0.25) is 10.0 Å². The van der Waals surface area contributed by atoms with Crippen LogP contribution < -0.4 is 4.72 Å². The van der Waals surface area contributed by atoms with E-state index in [2.05, 4.69) is 20.7 Å². The summed E-state index contributed by atoms with van der Waals surface area (Å²) in [5.74, 6) is 0. The molecule has 0 amide bonds. The molecule has 94 valence electrons. The highest BCUT2D eigenvalue weighted by atomic mass is 79.9. The second kappa shape index (κ2) is 5.26. The average Bonchev–Trinajstić information content (AvgIpc) is 2.64. The van der Waals surface area contributed by atoms with Crippen LogP contribution in [0.3, 0.4) is 0 Å². The Hall–Kier alpha value is -0.100. The largest absolute Gasteiger partial charge is 0.240 e. The van der Waals surface area contributed by atoms with Crippen LogP contribution in [0.25, 0.3) is 0 Å². The number of nitrogens with one attached hydrogen (secondary N) is 1. The summed E-state index contributed by atoms with van der Waals surface area (Å²) < 4.78 is 27.6. The molecule has 0 radical (unpaired) electrons. The topological polar surface area (TPSA) is 46.2 Å². The summed E-state index contributed by atoms with van der Waals surface area (Å²) in [6.45, 7) is 0. The fraction of sp³-hybridized carbons (Fsp3) is 0.455. The van der Waals surface area contributed by atoms with Crippen molar-refractivity contribution in [2.24, 2.45) is 0 Å². The number of hydrogen-bond donors (Lipinski definition) is 1. The average molecular weight is 339 g/mol. The monoisotopic (exact) mass is 337 g/mol. The van der Waals surface area contributed by atoms with E-state index in [-0.39, 0.29) is 16.3 Å². The van der Waals surface area contributed by atoms with Gasteiger partial charge in [-0.25, -0.2) is 13.1 Å². The van der Waals surface area contributed by atoms with Crippen LogP contribution >= 0.6 is 27.5 Å². The highest BCUT2D eigenvalue weighted by molar-refractivity contribution is 9.10. The van der Waals surface area contributed by atoms with Crippen LogP contribution in [0, 0.1) is 0 Å². The third kappa shape index (κ3) is 3.22. The third-order valence-corrected chi connectivity index (χ3v) is 5.35. The molecular formula is C11H13BrClNO2S. The van der Waals surface area contributed by atoms with E-state index in [0.717, 1.165) is 23.7 Å². The fourth-order valence-corrected chi connectivity index (χ4v) is 4.27. The van der Waals surface area contributed by atoms with Crippen LogP contribution in [0.5, 0.6) is 0 Å². The second-order valence-electron chi connectivity index (χ2n) is 4.13. The quantitative estimate of drug-likeness (QED) is 0.861. The van der Waals surface area contributed by atoms with E-state index < -0.39 is 10.0 Å². The Morgan fingerprint density at radius 3 is 2.71 bits per heavy atom. The van der Waals surface area contributed by atoms with E-state index in [4.69, 9.17) is 11.6 Å². The number of alkyl halides is 1. The van der Waals surface area contributed by atoms with E-state index in [1.165, 1.54) is 0 Å². The van der Waals surface area contributed by atoms with Crippen LogP contribution in [-0.4, -0.2) is 19.8 Å². The normalized spacial score (nSPS) is 25.1. The van der Waals surface area contributed by atoms with Crippen molar-refractivity contribution in [1.82, 2.24) is 4.72 Å². The van der Waals surface area contributed by atoms with Crippen molar-refractivity contribution in [3.63, 3.8) is 0 Å². The molecular weight excluding hydrogens is 326 g/mol. The molecule has 1 aromatic carbocycles. The zero-order valence-corrected chi connectivity index (χ0v) is 12.2. The lowest BCUT2D eigenvalue weighted by molar-refractivity contribution is 0.554. The Morgan fingerprint density at radius 1 is 1.35 bits per heavy atom. The second-order valence-corrected chi connectivity index (χ2v) is 7.32. The summed E-state index contributed by atoms with van der Waals surface area (Å²) in [5, 5.41) is -0.100. The Bertz CT molecular complexity index is 506. The first kappa shape index (κ1) is 13.3. The molecule has 17 heavy (non-hydrogen) atoms. The van der Waals surface area contributed by atoms with Gasteiger partial charge in [-0.15, -0.1) is 11.6 Å². The lowest BCUT2D eigenvalue weighted by Crippen LogP contribution is -2.37. The first-order chi connectivity index (χ1) is 7.99. The summed E-state index contributed by atoms with van der Waals surface area (Å²) in [7, 11) is -3.46. The van der Waals surface area contributed by atoms with Gasteiger partial charge in [0.1, 0.15) is 0 Å². The minimum Gasteiger partial charge on any atom is -0.207 e. The van der Waals surface area contributed by atoms with Crippen molar-refractivity contribution in [3.05, 3.63) is 28.7 Å². The van der Waals surface area contributed by atoms with Crippen LogP contribution in [0.2, 0.25) is 0 Å². The highest BCUT2D eigenvalue weighted by Crippen LogP contribution is 2.26. The first-order valence-corrected chi connectivity index (χ1v) is 8.12. The maximum atomic E-state index is 12.1. The third-order valence-electron chi connectivity index (χ3n) is 2.84. The SMILES string of the molecule is O=S(=O)(NC1CCCC1Cl)c1cccc(Br)c1. The molecule has 2 unspecified atom stereocenters. The lowest BCUT2D eigenvalue weighted by atomic mass is 10.3. The number of rotatable bonds is 3. The van der Waals surface area contributed by atoms with E-state index in [0.29, 0.717) is 0 Å². The molecule has 3 nitrogen and oxygen atoms in total. The van der Waals surface area contributed by atoms with Gasteiger partial charge in [0, 0.05) is 15.9 Å². The van der Waals surface area contributed by atoms with Gasteiger partial charge in [-0.1, -0.05) is 28.4 Å². The minimum absolute atomic E-state index is 0.100. The molecule has 2 rings (SSSR count). The molecule has 0 bridgehead atoms. The zero-order valence-electron chi connectivity index (χ0n) is 9.07. The molecule has 0 saturated heterocycles. The van der Waals surface area contributed by atoms with Crippen molar-refractivity contribution in [1.29, 1.82) is 0 Å². The van der Waals surface area contributed by atoms with Gasteiger partial charge in [0.15, 0.2) is 0 Å². The summed E-state index contributed by atoms with van der Waals surface area (Å²) in [6.07, 6.45) is 2.65. The molecule has 1 N–H and O–H groups in total. The molecule has 0 aliphatic heterocycles. The van der Waals surface area contributed by atoms with E-state index in [1.54, 1.807) is 24.3 Å². The molecule has 0 aromatic heterocycles. The van der Waals surface area contributed by atoms with Crippen molar-refractivity contribution >= 4 is 37.6 Å². The van der Waals surface area contributed by atoms with E-state index in [1.807, 2.05) is 0 Å². The molecule has 1 saturated carbocycles. The smallest absolute Gasteiger partial charge is 0.207 e. The molecule has 1 aromatic rings. The lowest BCUT2D eigenvalue weighted by Gasteiger charge is -2.16. The summed E-state index contributed by atoms with van der Waals surface area (Å²) in [4.78, 5) is 0.266. The molecule has 0 heterocycles. The molecule has 2 atom stereocenters. The predicted octanol–water partition coefficient (Wildman–Crippen LogP) is 2.89. The Kier molecular flexibility index (Phi) is 4.13. The number of hydrogen-bond acceptors (Lipinski definition) is 2. The van der Waals surface area contributed by atoms with Crippen LogP contribution in [-0.2, 0) is 10.0 Å². The number of halogens is 2. The molecule has 0 spiro atoms. The van der Waals surface area contributed by atoms with Gasteiger partial charge in [-0.3, -0.25) is 0 Å². The maximum Gasteiger partial charge on any atom is 0.240 e. The number of benzene rings is 1. The Balaban J connectivity index is 2.19. The Labute approximate surface area is 115 Å². The van der Waals surface area contributed by atoms with Gasteiger partial charge < -0.3 is 0 Å². The standard InChI is InChI=1S/C11H13BrClNO2S/c12-8-3-1-4-9(7-8)17(15,16)14-11-6-2-5-10(11)13/h1,3-4,7,10-11,14H,2,5-6H2. The van der Waals surface area contributed by atoms with Gasteiger partial charge in [-0.05, 0) is 31.0 Å². The molecule has 1 aliphatic rings. The minimum atomic E-state index is -3.46. The molecule has 1 aliphatic carbocycles. The number of sulfonamides is 1. The van der Waals surface area contributed by atoms with Gasteiger partial charge in [-0.2, -0.15) is 0 Å². The maximum absolute atomic E-state index is 12.1. The van der Waals surface area contributed by atoms with Crippen molar-refractivity contribution in [2.45, 2.75) is 35.6 Å². The van der Waals surface area contributed by atoms with Crippen molar-refractivity contribution in [2.75, 3.05) is 0 Å². The zero-order chi connectivity index (χ0) is 12.5. The van der Waals surface area contributed by atoms with Crippen LogP contribution in [0.1, 0.15) is 19.3 Å². The Morgan fingerprint density at radius 2 is 2.12 bits per heavy atom. The summed E-state index contributed by atoms with van der Waals surface area (Å²) in [5.41, 5.74) is 0. The first-order valence-electron chi connectivity index (χ1n) is 5.41. The van der Waals surface area contributed by atoms with E-state index in [9.17, 15) is 8.42 Å².